The number of anilines is 2. The number of nitrogens with zero attached hydrogens (tertiary/aromatic N) is 2. The van der Waals surface area contributed by atoms with Gasteiger partial charge in [0.05, 0.1) is 12.8 Å². The van der Waals surface area contributed by atoms with Gasteiger partial charge in [0.2, 0.25) is 5.95 Å². The smallest absolute Gasteiger partial charge is 0.270 e. The average molecular weight is 336 g/mol. The van der Waals surface area contributed by atoms with Crippen molar-refractivity contribution in [2.75, 3.05) is 5.32 Å². The number of rotatable bonds is 5. The SMILES string of the molecule is Cc1cc(C(=O)NCc2ccco2)nc(Nc2ccc(C)c(C)c2)n1. The summed E-state index contributed by atoms with van der Waals surface area (Å²) in [6.07, 6.45) is 1.57. The Morgan fingerprint density at radius 2 is 1.92 bits per heavy atom. The average Bonchev–Trinajstić information content (AvgIpc) is 3.09. The molecule has 1 amide bonds. The van der Waals surface area contributed by atoms with Crippen LogP contribution < -0.4 is 10.6 Å². The summed E-state index contributed by atoms with van der Waals surface area (Å²) in [4.78, 5) is 21.0. The van der Waals surface area contributed by atoms with E-state index in [2.05, 4.69) is 27.5 Å². The van der Waals surface area contributed by atoms with Crippen LogP contribution in [0.1, 0.15) is 33.1 Å². The lowest BCUT2D eigenvalue weighted by Crippen LogP contribution is -2.24. The van der Waals surface area contributed by atoms with Gasteiger partial charge in [0, 0.05) is 11.4 Å². The second-order valence-electron chi connectivity index (χ2n) is 5.90. The first-order valence-corrected chi connectivity index (χ1v) is 8.02. The minimum Gasteiger partial charge on any atom is -0.467 e. The quantitative estimate of drug-likeness (QED) is 0.743. The Hall–Kier alpha value is -3.15. The van der Waals surface area contributed by atoms with Gasteiger partial charge in [-0.05, 0) is 62.2 Å². The summed E-state index contributed by atoms with van der Waals surface area (Å²) in [7, 11) is 0. The number of aromatic nitrogens is 2. The second-order valence-corrected chi connectivity index (χ2v) is 5.90. The number of furan rings is 1. The second kappa shape index (κ2) is 7.17. The number of carbonyl (C=O) groups excluding carboxylic acids is 1. The van der Waals surface area contributed by atoms with Crippen LogP contribution in [0.5, 0.6) is 0 Å². The monoisotopic (exact) mass is 336 g/mol. The predicted molar refractivity (Wildman–Crippen MR) is 95.8 cm³/mol. The first-order valence-electron chi connectivity index (χ1n) is 8.02. The fraction of sp³-hybridized carbons (Fsp3) is 0.211. The highest BCUT2D eigenvalue weighted by molar-refractivity contribution is 5.92. The highest BCUT2D eigenvalue weighted by Gasteiger charge is 2.11. The maximum absolute atomic E-state index is 12.3. The molecule has 2 aromatic heterocycles. The van der Waals surface area contributed by atoms with E-state index in [1.54, 1.807) is 24.5 Å². The lowest BCUT2D eigenvalue weighted by molar-refractivity contribution is 0.0943. The van der Waals surface area contributed by atoms with Gasteiger partial charge in [0.15, 0.2) is 0 Å². The summed E-state index contributed by atoms with van der Waals surface area (Å²) in [5.74, 6) is 0.809. The van der Waals surface area contributed by atoms with E-state index in [4.69, 9.17) is 4.42 Å². The minimum absolute atomic E-state index is 0.273. The number of hydrogen-bond donors (Lipinski definition) is 2. The number of benzene rings is 1. The third-order valence-electron chi connectivity index (χ3n) is 3.85. The van der Waals surface area contributed by atoms with Crippen LogP contribution in [-0.4, -0.2) is 15.9 Å². The van der Waals surface area contributed by atoms with E-state index in [1.165, 1.54) is 11.1 Å². The molecule has 0 aliphatic heterocycles. The lowest BCUT2D eigenvalue weighted by atomic mass is 10.1. The summed E-state index contributed by atoms with van der Waals surface area (Å²) in [6.45, 7) is 6.25. The van der Waals surface area contributed by atoms with E-state index >= 15 is 0 Å². The molecule has 3 rings (SSSR count). The van der Waals surface area contributed by atoms with Gasteiger partial charge in [-0.15, -0.1) is 0 Å². The third kappa shape index (κ3) is 4.23. The molecular formula is C19H20N4O2. The van der Waals surface area contributed by atoms with Gasteiger partial charge in [0.25, 0.3) is 5.91 Å². The van der Waals surface area contributed by atoms with E-state index in [0.717, 1.165) is 5.69 Å². The van der Waals surface area contributed by atoms with Crippen molar-refractivity contribution in [3.05, 3.63) is 70.9 Å². The first kappa shape index (κ1) is 16.7. The zero-order chi connectivity index (χ0) is 17.8. The van der Waals surface area contributed by atoms with Crippen LogP contribution in [0.4, 0.5) is 11.6 Å². The van der Waals surface area contributed by atoms with Crippen molar-refractivity contribution in [2.24, 2.45) is 0 Å². The molecule has 0 radical (unpaired) electrons. The van der Waals surface area contributed by atoms with Crippen molar-refractivity contribution >= 4 is 17.5 Å². The van der Waals surface area contributed by atoms with Crippen molar-refractivity contribution in [3.63, 3.8) is 0 Å². The fourth-order valence-electron chi connectivity index (χ4n) is 2.36. The summed E-state index contributed by atoms with van der Waals surface area (Å²) in [5.41, 5.74) is 4.30. The Morgan fingerprint density at radius 3 is 2.64 bits per heavy atom. The highest BCUT2D eigenvalue weighted by atomic mass is 16.3. The Kier molecular flexibility index (Phi) is 4.79. The summed E-state index contributed by atoms with van der Waals surface area (Å²) >= 11 is 0. The number of aryl methyl sites for hydroxylation is 3. The van der Waals surface area contributed by atoms with Crippen LogP contribution in [0.25, 0.3) is 0 Å². The molecule has 1 aromatic carbocycles. The van der Waals surface area contributed by atoms with Crippen LogP contribution in [0.2, 0.25) is 0 Å². The van der Waals surface area contributed by atoms with E-state index in [1.807, 2.05) is 32.0 Å². The molecule has 0 aliphatic carbocycles. The molecule has 2 N–H and O–H groups in total. The van der Waals surface area contributed by atoms with Crippen molar-refractivity contribution in [1.29, 1.82) is 0 Å². The highest BCUT2D eigenvalue weighted by Crippen LogP contribution is 2.18. The molecule has 3 aromatic rings. The molecule has 25 heavy (non-hydrogen) atoms. The molecule has 0 fully saturated rings. The molecule has 0 spiro atoms. The zero-order valence-electron chi connectivity index (χ0n) is 14.5. The third-order valence-corrected chi connectivity index (χ3v) is 3.85. The van der Waals surface area contributed by atoms with Gasteiger partial charge in [0.1, 0.15) is 11.5 Å². The summed E-state index contributed by atoms with van der Waals surface area (Å²) in [5, 5.41) is 5.94. The topological polar surface area (TPSA) is 80.0 Å². The normalized spacial score (nSPS) is 10.5. The van der Waals surface area contributed by atoms with Crippen molar-refractivity contribution < 1.29 is 9.21 Å². The molecular weight excluding hydrogens is 316 g/mol. The molecule has 2 heterocycles. The largest absolute Gasteiger partial charge is 0.467 e. The number of amides is 1. The molecule has 0 atom stereocenters. The number of hydrogen-bond acceptors (Lipinski definition) is 5. The molecule has 0 unspecified atom stereocenters. The van der Waals surface area contributed by atoms with E-state index < -0.39 is 0 Å². The Morgan fingerprint density at radius 1 is 1.08 bits per heavy atom. The van der Waals surface area contributed by atoms with E-state index in [-0.39, 0.29) is 5.91 Å². The maximum atomic E-state index is 12.3. The van der Waals surface area contributed by atoms with Gasteiger partial charge in [-0.2, -0.15) is 0 Å². The maximum Gasteiger partial charge on any atom is 0.270 e. The zero-order valence-corrected chi connectivity index (χ0v) is 14.5. The molecule has 0 saturated carbocycles. The Labute approximate surface area is 146 Å². The number of nitrogens with one attached hydrogen (secondary N) is 2. The Balaban J connectivity index is 1.75. The molecule has 6 nitrogen and oxygen atoms in total. The van der Waals surface area contributed by atoms with Crippen LogP contribution in [-0.2, 0) is 6.54 Å². The van der Waals surface area contributed by atoms with Crippen molar-refractivity contribution in [1.82, 2.24) is 15.3 Å². The molecule has 0 aliphatic rings. The number of carbonyl (C=O) groups is 1. The van der Waals surface area contributed by atoms with Gasteiger partial charge in [-0.1, -0.05) is 6.07 Å². The first-order chi connectivity index (χ1) is 12.0. The predicted octanol–water partition coefficient (Wildman–Crippen LogP) is 3.67. The molecule has 0 saturated heterocycles. The van der Waals surface area contributed by atoms with Crippen LogP contribution in [0.3, 0.4) is 0 Å². The van der Waals surface area contributed by atoms with Gasteiger partial charge in [-0.3, -0.25) is 4.79 Å². The van der Waals surface area contributed by atoms with E-state index in [9.17, 15) is 4.79 Å². The van der Waals surface area contributed by atoms with E-state index in [0.29, 0.717) is 29.6 Å². The van der Waals surface area contributed by atoms with Crippen LogP contribution >= 0.6 is 0 Å². The van der Waals surface area contributed by atoms with Crippen LogP contribution in [0, 0.1) is 20.8 Å². The van der Waals surface area contributed by atoms with Crippen molar-refractivity contribution in [2.45, 2.75) is 27.3 Å². The fourth-order valence-corrected chi connectivity index (χ4v) is 2.36. The molecule has 128 valence electrons. The minimum atomic E-state index is -0.273. The Bertz CT molecular complexity index is 888. The molecule has 6 heteroatoms. The van der Waals surface area contributed by atoms with Gasteiger partial charge >= 0.3 is 0 Å². The summed E-state index contributed by atoms with van der Waals surface area (Å²) < 4.78 is 5.21. The standard InChI is InChI=1S/C19H20N4O2/c1-12-6-7-15(9-13(12)2)22-19-21-14(3)10-17(23-19)18(24)20-11-16-5-4-8-25-16/h4-10H,11H2,1-3H3,(H,20,24)(H,21,22,23). The molecule has 0 bridgehead atoms. The summed E-state index contributed by atoms with van der Waals surface area (Å²) in [6, 6.07) is 11.3. The lowest BCUT2D eigenvalue weighted by Gasteiger charge is -2.10. The van der Waals surface area contributed by atoms with Crippen molar-refractivity contribution in [3.8, 4) is 0 Å². The van der Waals surface area contributed by atoms with Crippen LogP contribution in [0.15, 0.2) is 47.1 Å². The van der Waals surface area contributed by atoms with Gasteiger partial charge in [-0.25, -0.2) is 9.97 Å². The van der Waals surface area contributed by atoms with Gasteiger partial charge < -0.3 is 15.1 Å².